The van der Waals surface area contributed by atoms with Gasteiger partial charge in [0.15, 0.2) is 11.0 Å². The highest BCUT2D eigenvalue weighted by Crippen LogP contribution is 2.28. The van der Waals surface area contributed by atoms with Gasteiger partial charge in [0.05, 0.1) is 5.75 Å². The van der Waals surface area contributed by atoms with Gasteiger partial charge in [-0.3, -0.25) is 9.36 Å². The van der Waals surface area contributed by atoms with Crippen LogP contribution in [0.2, 0.25) is 0 Å². The van der Waals surface area contributed by atoms with Gasteiger partial charge in [-0.05, 0) is 43.3 Å². The fourth-order valence-corrected chi connectivity index (χ4v) is 3.75. The molecule has 150 valence electrons. The number of hydrogen-bond acceptors (Lipinski definition) is 5. The quantitative estimate of drug-likeness (QED) is 0.356. The maximum atomic E-state index is 12.4. The number of nitrogens with zero attached hydrogens (tertiary/aromatic N) is 3. The first-order chi connectivity index (χ1) is 14.6. The van der Waals surface area contributed by atoms with Gasteiger partial charge in [-0.1, -0.05) is 59.8 Å². The third-order valence-electron chi connectivity index (χ3n) is 4.46. The third-order valence-corrected chi connectivity index (χ3v) is 5.39. The summed E-state index contributed by atoms with van der Waals surface area (Å²) in [6.45, 7) is 2.01. The molecule has 0 unspecified atom stereocenters. The summed E-state index contributed by atoms with van der Waals surface area (Å²) in [4.78, 5) is 12.4. The maximum absolute atomic E-state index is 12.4. The van der Waals surface area contributed by atoms with Crippen LogP contribution in [0, 0.1) is 6.92 Å². The van der Waals surface area contributed by atoms with Gasteiger partial charge >= 0.3 is 0 Å². The number of nitrogen functional groups attached to an aromatic ring is 1. The molecule has 0 saturated heterocycles. The van der Waals surface area contributed by atoms with Crippen molar-refractivity contribution < 1.29 is 4.79 Å². The van der Waals surface area contributed by atoms with E-state index >= 15 is 0 Å². The summed E-state index contributed by atoms with van der Waals surface area (Å²) in [5.74, 6) is 0.794. The molecule has 4 rings (SSSR count). The predicted octanol–water partition coefficient (Wildman–Crippen LogP) is 4.56. The van der Waals surface area contributed by atoms with E-state index in [1.807, 2.05) is 90.4 Å². The molecule has 0 fully saturated rings. The molecule has 0 aliphatic heterocycles. The van der Waals surface area contributed by atoms with Crippen LogP contribution in [0.25, 0.3) is 17.1 Å². The molecular formula is C23H21N5OS. The first-order valence-corrected chi connectivity index (χ1v) is 10.4. The van der Waals surface area contributed by atoms with Crippen LogP contribution in [-0.2, 0) is 4.79 Å². The highest BCUT2D eigenvalue weighted by Gasteiger charge is 2.17. The Labute approximate surface area is 179 Å². The number of carbonyl (C=O) groups excluding carboxylic acids is 1. The molecule has 0 bridgehead atoms. The van der Waals surface area contributed by atoms with Crippen LogP contribution in [0.15, 0.2) is 84.0 Å². The molecule has 0 spiro atoms. The first-order valence-electron chi connectivity index (χ1n) is 9.46. The molecule has 30 heavy (non-hydrogen) atoms. The summed E-state index contributed by atoms with van der Waals surface area (Å²) < 4.78 is 1.94. The summed E-state index contributed by atoms with van der Waals surface area (Å²) >= 11 is 1.34. The van der Waals surface area contributed by atoms with Crippen LogP contribution >= 0.6 is 11.8 Å². The number of nitrogens with one attached hydrogen (secondary N) is 1. The topological polar surface area (TPSA) is 85.8 Å². The van der Waals surface area contributed by atoms with E-state index in [0.29, 0.717) is 16.7 Å². The summed E-state index contributed by atoms with van der Waals surface area (Å²) in [5.41, 5.74) is 10.3. The van der Waals surface area contributed by atoms with E-state index in [4.69, 9.17) is 5.73 Å². The summed E-state index contributed by atoms with van der Waals surface area (Å²) in [5, 5.41) is 12.3. The van der Waals surface area contributed by atoms with Gasteiger partial charge in [0, 0.05) is 22.6 Å². The highest BCUT2D eigenvalue weighted by molar-refractivity contribution is 7.99. The lowest BCUT2D eigenvalue weighted by Crippen LogP contribution is -2.14. The molecule has 3 aromatic carbocycles. The van der Waals surface area contributed by atoms with Crippen LogP contribution in [0.4, 0.5) is 11.4 Å². The number of para-hydroxylation sites is 1. The van der Waals surface area contributed by atoms with E-state index in [9.17, 15) is 4.79 Å². The molecule has 0 atom stereocenters. The van der Waals surface area contributed by atoms with Crippen molar-refractivity contribution in [1.82, 2.24) is 14.8 Å². The van der Waals surface area contributed by atoms with Gasteiger partial charge < -0.3 is 11.1 Å². The Balaban J connectivity index is 1.58. The fourth-order valence-electron chi connectivity index (χ4n) is 3.00. The second-order valence-electron chi connectivity index (χ2n) is 6.81. The van der Waals surface area contributed by atoms with Crippen LogP contribution in [0.3, 0.4) is 0 Å². The Morgan fingerprint density at radius 2 is 1.77 bits per heavy atom. The van der Waals surface area contributed by atoms with Crippen LogP contribution in [-0.4, -0.2) is 26.4 Å². The molecule has 0 aliphatic carbocycles. The Morgan fingerprint density at radius 1 is 1.00 bits per heavy atom. The van der Waals surface area contributed by atoms with Crippen molar-refractivity contribution in [3.8, 4) is 17.1 Å². The third kappa shape index (κ3) is 4.52. The minimum Gasteiger partial charge on any atom is -0.399 e. The van der Waals surface area contributed by atoms with Gasteiger partial charge in [-0.15, -0.1) is 10.2 Å². The molecule has 1 aromatic heterocycles. The fraction of sp³-hybridized carbons (Fsp3) is 0.0870. The molecule has 0 radical (unpaired) electrons. The second-order valence-corrected chi connectivity index (χ2v) is 7.75. The van der Waals surface area contributed by atoms with Crippen LogP contribution in [0.5, 0.6) is 0 Å². The summed E-state index contributed by atoms with van der Waals surface area (Å²) in [7, 11) is 0. The van der Waals surface area contributed by atoms with Gasteiger partial charge in [0.1, 0.15) is 0 Å². The highest BCUT2D eigenvalue weighted by atomic mass is 32.2. The Hall–Kier alpha value is -3.58. The molecule has 4 aromatic rings. The lowest BCUT2D eigenvalue weighted by Gasteiger charge is -2.11. The van der Waals surface area contributed by atoms with Crippen LogP contribution < -0.4 is 11.1 Å². The molecule has 0 saturated carbocycles. The van der Waals surface area contributed by atoms with Gasteiger partial charge in [-0.2, -0.15) is 0 Å². The number of rotatable bonds is 6. The van der Waals surface area contributed by atoms with Crippen molar-refractivity contribution in [2.75, 3.05) is 16.8 Å². The molecule has 0 aliphatic rings. The molecule has 1 heterocycles. The summed E-state index contributed by atoms with van der Waals surface area (Å²) in [6, 6.07) is 25.1. The number of aryl methyl sites for hydroxylation is 1. The van der Waals surface area contributed by atoms with Crippen molar-refractivity contribution in [2.45, 2.75) is 12.1 Å². The zero-order valence-electron chi connectivity index (χ0n) is 16.4. The van der Waals surface area contributed by atoms with Gasteiger partial charge in [-0.25, -0.2) is 0 Å². The molecule has 6 nitrogen and oxygen atoms in total. The van der Waals surface area contributed by atoms with E-state index in [-0.39, 0.29) is 11.7 Å². The van der Waals surface area contributed by atoms with Crippen molar-refractivity contribution in [3.63, 3.8) is 0 Å². The van der Waals surface area contributed by atoms with Crippen molar-refractivity contribution in [1.29, 1.82) is 0 Å². The van der Waals surface area contributed by atoms with Crippen molar-refractivity contribution in [2.24, 2.45) is 0 Å². The van der Waals surface area contributed by atoms with Gasteiger partial charge in [0.2, 0.25) is 5.91 Å². The Morgan fingerprint density at radius 3 is 2.50 bits per heavy atom. The monoisotopic (exact) mass is 415 g/mol. The average molecular weight is 416 g/mol. The molecular weight excluding hydrogens is 394 g/mol. The lowest BCUT2D eigenvalue weighted by molar-refractivity contribution is -0.113. The number of anilines is 2. The number of carbonyl (C=O) groups is 1. The van der Waals surface area contributed by atoms with E-state index in [1.54, 1.807) is 0 Å². The number of amides is 1. The number of aromatic nitrogens is 3. The predicted molar refractivity (Wildman–Crippen MR) is 122 cm³/mol. The number of nitrogens with two attached hydrogens (primary N) is 1. The number of thioether (sulfide) groups is 1. The van der Waals surface area contributed by atoms with E-state index in [0.717, 1.165) is 22.5 Å². The maximum Gasteiger partial charge on any atom is 0.234 e. The number of benzene rings is 3. The van der Waals surface area contributed by atoms with E-state index in [1.165, 1.54) is 11.8 Å². The minimum atomic E-state index is -0.100. The Kier molecular flexibility index (Phi) is 5.81. The normalized spacial score (nSPS) is 10.7. The molecule has 1 amide bonds. The molecule has 3 N–H and O–H groups in total. The smallest absolute Gasteiger partial charge is 0.234 e. The minimum absolute atomic E-state index is 0.100. The van der Waals surface area contributed by atoms with Crippen LogP contribution in [0.1, 0.15) is 5.56 Å². The first kappa shape index (κ1) is 19.7. The summed E-state index contributed by atoms with van der Waals surface area (Å²) in [6.07, 6.45) is 0. The van der Waals surface area contributed by atoms with E-state index < -0.39 is 0 Å². The van der Waals surface area contributed by atoms with Crippen molar-refractivity contribution >= 4 is 29.0 Å². The zero-order chi connectivity index (χ0) is 20.9. The molecule has 7 heteroatoms. The SMILES string of the molecule is Cc1ccc(NC(=O)CSc2nnc(-c3cccc(N)c3)n2-c2ccccc2)cc1. The zero-order valence-corrected chi connectivity index (χ0v) is 17.3. The largest absolute Gasteiger partial charge is 0.399 e. The second kappa shape index (κ2) is 8.84. The lowest BCUT2D eigenvalue weighted by atomic mass is 10.2. The number of hydrogen-bond donors (Lipinski definition) is 2. The van der Waals surface area contributed by atoms with E-state index in [2.05, 4.69) is 15.5 Å². The Bertz CT molecular complexity index is 1160. The van der Waals surface area contributed by atoms with Crippen molar-refractivity contribution in [3.05, 3.63) is 84.4 Å². The standard InChI is InChI=1S/C23H21N5OS/c1-16-10-12-19(13-11-16)25-21(29)15-30-23-27-26-22(17-6-5-7-18(24)14-17)28(23)20-8-3-2-4-9-20/h2-14H,15,24H2,1H3,(H,25,29). The van der Waals surface area contributed by atoms with Gasteiger partial charge in [0.25, 0.3) is 0 Å². The average Bonchev–Trinajstić information content (AvgIpc) is 3.19.